The Morgan fingerprint density at radius 2 is 2.07 bits per heavy atom. The molecule has 1 aromatic heterocycles. The van der Waals surface area contributed by atoms with Crippen LogP contribution in [-0.4, -0.2) is 60.1 Å². The van der Waals surface area contributed by atoms with Gasteiger partial charge in [-0.25, -0.2) is 4.98 Å². The Morgan fingerprint density at radius 1 is 1.30 bits per heavy atom. The normalized spacial score (nSPS) is 22.3. The first-order chi connectivity index (χ1) is 12.6. The van der Waals surface area contributed by atoms with Crippen LogP contribution in [-0.2, 0) is 6.54 Å². The number of likely N-dealkylation sites (tertiary alicyclic amines) is 1. The number of thioether (sulfide) groups is 1. The third-order valence-corrected chi connectivity index (χ3v) is 6.64. The van der Waals surface area contributed by atoms with Gasteiger partial charge in [-0.15, -0.1) is 24.0 Å². The van der Waals surface area contributed by atoms with E-state index in [1.807, 2.05) is 32.7 Å². The highest BCUT2D eigenvalue weighted by molar-refractivity contribution is 14.0. The minimum atomic E-state index is 0. The van der Waals surface area contributed by atoms with Crippen molar-refractivity contribution in [3.63, 3.8) is 0 Å². The Kier molecular flexibility index (Phi) is 9.72. The summed E-state index contributed by atoms with van der Waals surface area (Å²) in [5.41, 5.74) is 1.01. The minimum Gasteiger partial charge on any atom is -0.444 e. The van der Waals surface area contributed by atoms with Crippen LogP contribution in [0.1, 0.15) is 43.0 Å². The summed E-state index contributed by atoms with van der Waals surface area (Å²) >= 11 is 2.04. The van der Waals surface area contributed by atoms with E-state index in [-0.39, 0.29) is 24.0 Å². The van der Waals surface area contributed by atoms with Crippen molar-refractivity contribution in [2.75, 3.05) is 38.2 Å². The predicted octanol–water partition coefficient (Wildman–Crippen LogP) is 3.18. The molecule has 2 saturated heterocycles. The molecule has 2 N–H and O–H groups in total. The number of aryl methyl sites for hydroxylation is 2. The standard InChI is InChI=1S/C19H33N5OS.HI/c1-14-15(2)25-18(22-14)12-24-8-6-16(7-9-24)11-21-19(20-3)23-17-5-4-10-26-13-17;/h16-17H,4-13H2,1-3H3,(H2,20,21,23);1H. The monoisotopic (exact) mass is 507 g/mol. The lowest BCUT2D eigenvalue weighted by molar-refractivity contribution is 0.164. The molecule has 0 saturated carbocycles. The Bertz CT molecular complexity index is 575. The maximum atomic E-state index is 5.72. The number of hydrogen-bond acceptors (Lipinski definition) is 5. The van der Waals surface area contributed by atoms with Gasteiger partial charge in [-0.2, -0.15) is 11.8 Å². The average molecular weight is 507 g/mol. The summed E-state index contributed by atoms with van der Waals surface area (Å²) in [7, 11) is 1.87. The zero-order valence-corrected chi connectivity index (χ0v) is 19.9. The summed E-state index contributed by atoms with van der Waals surface area (Å²) in [5.74, 6) is 5.96. The zero-order valence-electron chi connectivity index (χ0n) is 16.8. The highest BCUT2D eigenvalue weighted by atomic mass is 127. The first-order valence-electron chi connectivity index (χ1n) is 9.84. The molecule has 154 valence electrons. The largest absolute Gasteiger partial charge is 0.444 e. The molecule has 1 atom stereocenters. The van der Waals surface area contributed by atoms with Crippen LogP contribution < -0.4 is 10.6 Å². The number of rotatable bonds is 5. The summed E-state index contributed by atoms with van der Waals surface area (Å²) in [6, 6.07) is 0.564. The molecule has 2 fully saturated rings. The molecule has 0 radical (unpaired) electrons. The van der Waals surface area contributed by atoms with E-state index in [9.17, 15) is 0 Å². The summed E-state index contributed by atoms with van der Waals surface area (Å²) in [5, 5.41) is 7.12. The van der Waals surface area contributed by atoms with Crippen molar-refractivity contribution in [1.82, 2.24) is 20.5 Å². The van der Waals surface area contributed by atoms with Gasteiger partial charge >= 0.3 is 0 Å². The van der Waals surface area contributed by atoms with E-state index in [1.165, 1.54) is 37.2 Å². The van der Waals surface area contributed by atoms with Gasteiger partial charge in [0.25, 0.3) is 0 Å². The van der Waals surface area contributed by atoms with E-state index in [0.717, 1.165) is 49.5 Å². The van der Waals surface area contributed by atoms with Crippen molar-refractivity contribution >= 4 is 41.7 Å². The molecule has 0 bridgehead atoms. The molecule has 3 rings (SSSR count). The number of halogens is 1. The predicted molar refractivity (Wildman–Crippen MR) is 124 cm³/mol. The molecule has 27 heavy (non-hydrogen) atoms. The average Bonchev–Trinajstić information content (AvgIpc) is 2.98. The van der Waals surface area contributed by atoms with Crippen LogP contribution in [0.15, 0.2) is 9.41 Å². The number of oxazole rings is 1. The van der Waals surface area contributed by atoms with Crippen molar-refractivity contribution in [2.45, 2.75) is 52.1 Å². The maximum absolute atomic E-state index is 5.72. The van der Waals surface area contributed by atoms with Gasteiger partial charge in [0.1, 0.15) is 5.76 Å². The van der Waals surface area contributed by atoms with Gasteiger partial charge in [0.2, 0.25) is 5.89 Å². The molecule has 2 aliphatic rings. The fourth-order valence-electron chi connectivity index (χ4n) is 3.63. The molecule has 6 nitrogen and oxygen atoms in total. The SMILES string of the molecule is CN=C(NCC1CCN(Cc2nc(C)c(C)o2)CC1)NC1CCCSC1.I. The number of nitrogens with one attached hydrogen (secondary N) is 2. The van der Waals surface area contributed by atoms with E-state index in [4.69, 9.17) is 4.42 Å². The molecule has 8 heteroatoms. The number of aromatic nitrogens is 1. The van der Waals surface area contributed by atoms with Crippen LogP contribution in [0, 0.1) is 19.8 Å². The summed E-state index contributed by atoms with van der Waals surface area (Å²) < 4.78 is 5.72. The number of piperidine rings is 1. The number of aliphatic imine (C=N–C) groups is 1. The van der Waals surface area contributed by atoms with Crippen molar-refractivity contribution in [3.8, 4) is 0 Å². The maximum Gasteiger partial charge on any atom is 0.208 e. The molecule has 0 aliphatic carbocycles. The molecule has 2 aliphatic heterocycles. The smallest absolute Gasteiger partial charge is 0.208 e. The Morgan fingerprint density at radius 3 is 2.67 bits per heavy atom. The number of nitrogens with zero attached hydrogens (tertiary/aromatic N) is 3. The Labute approximate surface area is 184 Å². The van der Waals surface area contributed by atoms with Crippen LogP contribution in [0.5, 0.6) is 0 Å². The van der Waals surface area contributed by atoms with Crippen LogP contribution >= 0.6 is 35.7 Å². The van der Waals surface area contributed by atoms with Gasteiger partial charge < -0.3 is 15.1 Å². The van der Waals surface area contributed by atoms with Gasteiger partial charge in [0.05, 0.1) is 12.2 Å². The lowest BCUT2D eigenvalue weighted by Gasteiger charge is -2.32. The first-order valence-corrected chi connectivity index (χ1v) is 11.0. The fraction of sp³-hybridized carbons (Fsp3) is 0.789. The third kappa shape index (κ3) is 7.12. The molecule has 1 aromatic rings. The van der Waals surface area contributed by atoms with Crippen molar-refractivity contribution < 1.29 is 4.42 Å². The van der Waals surface area contributed by atoms with E-state index in [2.05, 4.69) is 25.5 Å². The van der Waals surface area contributed by atoms with Crippen LogP contribution in [0.3, 0.4) is 0 Å². The Balaban J connectivity index is 0.00000261. The molecule has 0 amide bonds. The molecule has 3 heterocycles. The Hall–Kier alpha value is -0.480. The highest BCUT2D eigenvalue weighted by Gasteiger charge is 2.21. The first kappa shape index (κ1) is 22.8. The van der Waals surface area contributed by atoms with Crippen LogP contribution in [0.2, 0.25) is 0 Å². The summed E-state index contributed by atoms with van der Waals surface area (Å²) in [6.45, 7) is 8.04. The third-order valence-electron chi connectivity index (χ3n) is 5.42. The highest BCUT2D eigenvalue weighted by Crippen LogP contribution is 2.20. The topological polar surface area (TPSA) is 65.7 Å². The van der Waals surface area contributed by atoms with Gasteiger partial charge in [0.15, 0.2) is 5.96 Å². The van der Waals surface area contributed by atoms with Gasteiger partial charge in [-0.05, 0) is 64.3 Å². The van der Waals surface area contributed by atoms with E-state index < -0.39 is 0 Å². The molecule has 1 unspecified atom stereocenters. The van der Waals surface area contributed by atoms with Gasteiger partial charge in [0, 0.05) is 25.4 Å². The van der Waals surface area contributed by atoms with Gasteiger partial charge in [-0.3, -0.25) is 9.89 Å². The van der Waals surface area contributed by atoms with Crippen molar-refractivity contribution in [1.29, 1.82) is 0 Å². The second-order valence-corrected chi connectivity index (χ2v) is 8.63. The number of hydrogen-bond donors (Lipinski definition) is 2. The van der Waals surface area contributed by atoms with Crippen molar-refractivity contribution in [2.24, 2.45) is 10.9 Å². The lowest BCUT2D eigenvalue weighted by Crippen LogP contribution is -2.47. The van der Waals surface area contributed by atoms with Crippen molar-refractivity contribution in [3.05, 3.63) is 17.3 Å². The minimum absolute atomic E-state index is 0. The van der Waals surface area contributed by atoms with E-state index in [0.29, 0.717) is 12.0 Å². The lowest BCUT2D eigenvalue weighted by atomic mass is 9.97. The summed E-state index contributed by atoms with van der Waals surface area (Å²) in [6.07, 6.45) is 4.98. The molecule has 0 spiro atoms. The quantitative estimate of drug-likeness (QED) is 0.363. The van der Waals surface area contributed by atoms with E-state index >= 15 is 0 Å². The molecular formula is C19H34IN5OS. The molecular weight excluding hydrogens is 473 g/mol. The van der Waals surface area contributed by atoms with Gasteiger partial charge in [-0.1, -0.05) is 0 Å². The van der Waals surface area contributed by atoms with Crippen LogP contribution in [0.25, 0.3) is 0 Å². The zero-order chi connectivity index (χ0) is 18.4. The van der Waals surface area contributed by atoms with E-state index in [1.54, 1.807) is 0 Å². The molecule has 0 aromatic carbocycles. The fourth-order valence-corrected chi connectivity index (χ4v) is 4.70. The summed E-state index contributed by atoms with van der Waals surface area (Å²) in [4.78, 5) is 11.4. The second kappa shape index (κ2) is 11.5. The number of guanidine groups is 1. The van der Waals surface area contributed by atoms with Crippen LogP contribution in [0.4, 0.5) is 0 Å². The second-order valence-electron chi connectivity index (χ2n) is 7.48.